The normalized spacial score (nSPS) is 10.7. The van der Waals surface area contributed by atoms with Crippen LogP contribution in [0.4, 0.5) is 8.78 Å². The van der Waals surface area contributed by atoms with Gasteiger partial charge in [-0.05, 0) is 62.1 Å². The Kier molecular flexibility index (Phi) is 3.71. The number of benzene rings is 2. The van der Waals surface area contributed by atoms with E-state index in [9.17, 15) is 13.6 Å². The van der Waals surface area contributed by atoms with Gasteiger partial charge in [0.15, 0.2) is 17.4 Å². The van der Waals surface area contributed by atoms with Gasteiger partial charge in [0.2, 0.25) is 0 Å². The van der Waals surface area contributed by atoms with Crippen LogP contribution < -0.4 is 0 Å². The zero-order chi connectivity index (χ0) is 15.0. The highest BCUT2D eigenvalue weighted by Gasteiger charge is 2.21. The summed E-state index contributed by atoms with van der Waals surface area (Å²) in [6.45, 7) is 7.46. The van der Waals surface area contributed by atoms with Gasteiger partial charge in [0.1, 0.15) is 0 Å². The molecule has 2 rings (SSSR count). The summed E-state index contributed by atoms with van der Waals surface area (Å²) in [6.07, 6.45) is 0. The van der Waals surface area contributed by atoms with Crippen molar-refractivity contribution >= 4 is 5.78 Å². The minimum absolute atomic E-state index is 0.221. The largest absolute Gasteiger partial charge is 0.288 e. The molecule has 20 heavy (non-hydrogen) atoms. The van der Waals surface area contributed by atoms with Crippen molar-refractivity contribution in [2.75, 3.05) is 0 Å². The molecule has 0 fully saturated rings. The quantitative estimate of drug-likeness (QED) is 0.740. The highest BCUT2D eigenvalue weighted by molar-refractivity contribution is 6.11. The average Bonchev–Trinajstić information content (AvgIpc) is 2.40. The lowest BCUT2D eigenvalue weighted by Crippen LogP contribution is -2.11. The van der Waals surface area contributed by atoms with Crippen LogP contribution in [-0.4, -0.2) is 5.78 Å². The molecule has 0 unspecified atom stereocenters. The second kappa shape index (κ2) is 5.16. The Morgan fingerprint density at radius 3 is 2.05 bits per heavy atom. The van der Waals surface area contributed by atoms with Crippen molar-refractivity contribution in [1.29, 1.82) is 0 Å². The summed E-state index contributed by atoms with van der Waals surface area (Å²) in [4.78, 5) is 12.6. The van der Waals surface area contributed by atoms with Crippen molar-refractivity contribution in [2.24, 2.45) is 0 Å². The van der Waals surface area contributed by atoms with E-state index in [0.717, 1.165) is 28.3 Å². The second-order valence-electron chi connectivity index (χ2n) is 5.07. The molecule has 0 saturated carbocycles. The van der Waals surface area contributed by atoms with Crippen LogP contribution >= 0.6 is 0 Å². The third-order valence-corrected chi connectivity index (χ3v) is 3.79. The topological polar surface area (TPSA) is 17.1 Å². The number of hydrogen-bond acceptors (Lipinski definition) is 1. The SMILES string of the molecule is Cc1cc(C)c(C)c(C(=O)c2cccc(F)c2F)c1C. The molecule has 2 aromatic carbocycles. The van der Waals surface area contributed by atoms with Gasteiger partial charge in [-0.3, -0.25) is 4.79 Å². The molecule has 0 aliphatic rings. The molecule has 2 aromatic rings. The molecule has 0 aliphatic heterocycles. The Hall–Kier alpha value is -2.03. The van der Waals surface area contributed by atoms with E-state index in [4.69, 9.17) is 0 Å². The summed E-state index contributed by atoms with van der Waals surface area (Å²) < 4.78 is 27.1. The molecule has 0 aliphatic carbocycles. The Bertz CT molecular complexity index is 676. The van der Waals surface area contributed by atoms with Gasteiger partial charge in [0, 0.05) is 5.56 Å². The minimum Gasteiger partial charge on any atom is -0.288 e. The fourth-order valence-electron chi connectivity index (χ4n) is 2.37. The van der Waals surface area contributed by atoms with Crippen molar-refractivity contribution in [3.63, 3.8) is 0 Å². The van der Waals surface area contributed by atoms with Gasteiger partial charge in [-0.2, -0.15) is 0 Å². The van der Waals surface area contributed by atoms with E-state index in [2.05, 4.69) is 0 Å². The molecule has 0 aromatic heterocycles. The van der Waals surface area contributed by atoms with Crippen molar-refractivity contribution in [3.05, 3.63) is 69.3 Å². The Labute approximate surface area is 117 Å². The number of rotatable bonds is 2. The van der Waals surface area contributed by atoms with Gasteiger partial charge in [0.05, 0.1) is 5.56 Å². The van der Waals surface area contributed by atoms with Crippen LogP contribution in [0.15, 0.2) is 24.3 Å². The third kappa shape index (κ3) is 2.24. The fraction of sp³-hybridized carbons (Fsp3) is 0.235. The predicted octanol–water partition coefficient (Wildman–Crippen LogP) is 4.43. The lowest BCUT2D eigenvalue weighted by molar-refractivity contribution is 0.103. The summed E-state index contributed by atoms with van der Waals surface area (Å²) in [5.74, 6) is -2.56. The van der Waals surface area contributed by atoms with Crippen molar-refractivity contribution in [1.82, 2.24) is 0 Å². The van der Waals surface area contributed by atoms with E-state index in [-0.39, 0.29) is 5.56 Å². The van der Waals surface area contributed by atoms with Crippen molar-refractivity contribution in [3.8, 4) is 0 Å². The first-order chi connectivity index (χ1) is 9.34. The Balaban J connectivity index is 2.69. The predicted molar refractivity (Wildman–Crippen MR) is 75.2 cm³/mol. The maximum atomic E-state index is 13.8. The zero-order valence-electron chi connectivity index (χ0n) is 12.0. The van der Waals surface area contributed by atoms with Crippen LogP contribution in [-0.2, 0) is 0 Å². The number of hydrogen-bond donors (Lipinski definition) is 0. The number of ketones is 1. The summed E-state index contributed by atoms with van der Waals surface area (Å²) >= 11 is 0. The highest BCUT2D eigenvalue weighted by Crippen LogP contribution is 2.25. The molecular formula is C17H16F2O. The van der Waals surface area contributed by atoms with Crippen LogP contribution in [0.2, 0.25) is 0 Å². The van der Waals surface area contributed by atoms with Gasteiger partial charge >= 0.3 is 0 Å². The molecule has 1 nitrogen and oxygen atoms in total. The van der Waals surface area contributed by atoms with E-state index in [0.29, 0.717) is 5.56 Å². The lowest BCUT2D eigenvalue weighted by atomic mass is 9.89. The van der Waals surface area contributed by atoms with Gasteiger partial charge in [-0.1, -0.05) is 12.1 Å². The zero-order valence-corrected chi connectivity index (χ0v) is 12.0. The van der Waals surface area contributed by atoms with Gasteiger partial charge < -0.3 is 0 Å². The molecule has 0 heterocycles. The summed E-state index contributed by atoms with van der Waals surface area (Å²) in [6, 6.07) is 5.66. The minimum atomic E-state index is -1.09. The maximum absolute atomic E-state index is 13.8. The van der Waals surface area contributed by atoms with Gasteiger partial charge in [0.25, 0.3) is 0 Å². The summed E-state index contributed by atoms with van der Waals surface area (Å²) in [5.41, 5.74) is 3.79. The summed E-state index contributed by atoms with van der Waals surface area (Å²) in [7, 11) is 0. The molecule has 0 amide bonds. The first-order valence-electron chi connectivity index (χ1n) is 6.40. The number of carbonyl (C=O) groups is 1. The second-order valence-corrected chi connectivity index (χ2v) is 5.07. The van der Waals surface area contributed by atoms with Crippen molar-refractivity contribution in [2.45, 2.75) is 27.7 Å². The monoisotopic (exact) mass is 274 g/mol. The average molecular weight is 274 g/mol. The lowest BCUT2D eigenvalue weighted by Gasteiger charge is -2.14. The molecule has 0 spiro atoms. The van der Waals surface area contributed by atoms with Crippen LogP contribution in [0.25, 0.3) is 0 Å². The first-order valence-corrected chi connectivity index (χ1v) is 6.40. The van der Waals surface area contributed by atoms with E-state index >= 15 is 0 Å². The van der Waals surface area contributed by atoms with E-state index in [1.807, 2.05) is 33.8 Å². The van der Waals surface area contributed by atoms with Crippen LogP contribution in [0, 0.1) is 39.3 Å². The third-order valence-electron chi connectivity index (χ3n) is 3.79. The smallest absolute Gasteiger partial charge is 0.196 e. The molecule has 0 N–H and O–H groups in total. The van der Waals surface area contributed by atoms with E-state index in [1.165, 1.54) is 12.1 Å². The number of halogens is 2. The molecule has 0 saturated heterocycles. The molecule has 3 heteroatoms. The van der Waals surface area contributed by atoms with E-state index in [1.54, 1.807) is 0 Å². The van der Waals surface area contributed by atoms with Gasteiger partial charge in [-0.15, -0.1) is 0 Å². The first kappa shape index (κ1) is 14.4. The molecule has 0 bridgehead atoms. The van der Waals surface area contributed by atoms with E-state index < -0.39 is 17.4 Å². The number of carbonyl (C=O) groups excluding carboxylic acids is 1. The molecular weight excluding hydrogens is 258 g/mol. The standard InChI is InChI=1S/C17H16F2O/c1-9-8-10(2)12(4)15(11(9)3)17(20)13-6-5-7-14(18)16(13)19/h5-8H,1-4H3. The summed E-state index contributed by atoms with van der Waals surface area (Å²) in [5, 5.41) is 0. The van der Waals surface area contributed by atoms with Crippen LogP contribution in [0.1, 0.15) is 38.2 Å². The maximum Gasteiger partial charge on any atom is 0.196 e. The molecule has 0 atom stereocenters. The highest BCUT2D eigenvalue weighted by atomic mass is 19.2. The Morgan fingerprint density at radius 2 is 1.50 bits per heavy atom. The fourth-order valence-corrected chi connectivity index (χ4v) is 2.37. The van der Waals surface area contributed by atoms with Crippen LogP contribution in [0.5, 0.6) is 0 Å². The molecule has 0 radical (unpaired) electrons. The van der Waals surface area contributed by atoms with Crippen LogP contribution in [0.3, 0.4) is 0 Å². The molecule has 104 valence electrons. The number of aryl methyl sites for hydroxylation is 2. The van der Waals surface area contributed by atoms with Gasteiger partial charge in [-0.25, -0.2) is 8.78 Å². The van der Waals surface area contributed by atoms with Crippen molar-refractivity contribution < 1.29 is 13.6 Å². The Morgan fingerprint density at radius 1 is 0.950 bits per heavy atom.